The first-order chi connectivity index (χ1) is 6.45. The van der Waals surface area contributed by atoms with Gasteiger partial charge in [-0.3, -0.25) is 0 Å². The molecule has 13 heavy (non-hydrogen) atoms. The lowest BCUT2D eigenvalue weighted by Gasteiger charge is -2.26. The van der Waals surface area contributed by atoms with Crippen molar-refractivity contribution in [1.82, 2.24) is 0 Å². The van der Waals surface area contributed by atoms with E-state index in [9.17, 15) is 0 Å². The van der Waals surface area contributed by atoms with Crippen molar-refractivity contribution in [2.75, 3.05) is 0 Å². The number of allylic oxidation sites excluding steroid dienone is 2. The van der Waals surface area contributed by atoms with Crippen molar-refractivity contribution in [3.63, 3.8) is 0 Å². The summed E-state index contributed by atoms with van der Waals surface area (Å²) in [5.41, 5.74) is 0. The molecule has 3 atom stereocenters. The van der Waals surface area contributed by atoms with Gasteiger partial charge in [-0.2, -0.15) is 0 Å². The van der Waals surface area contributed by atoms with Gasteiger partial charge in [-0.05, 0) is 44.6 Å². The smallest absolute Gasteiger partial charge is 0.102 e. The average Bonchev–Trinajstić information content (AvgIpc) is 2.56. The van der Waals surface area contributed by atoms with E-state index >= 15 is 0 Å². The molecular weight excluding hydrogens is 160 g/mol. The normalized spacial score (nSPS) is 43.1. The van der Waals surface area contributed by atoms with Crippen molar-refractivity contribution in [2.24, 2.45) is 11.8 Å². The van der Waals surface area contributed by atoms with Crippen LogP contribution in [0.4, 0.5) is 0 Å². The lowest BCUT2D eigenvalue weighted by Crippen LogP contribution is -2.24. The van der Waals surface area contributed by atoms with E-state index in [1.54, 1.807) is 0 Å². The summed E-state index contributed by atoms with van der Waals surface area (Å²) in [6.07, 6.45) is 12.6. The molecule has 0 bridgehead atoms. The van der Waals surface area contributed by atoms with Crippen LogP contribution in [-0.2, 0) is 4.74 Å². The molecule has 1 nitrogen and oxygen atoms in total. The predicted molar refractivity (Wildman–Crippen MR) is 52.3 cm³/mol. The van der Waals surface area contributed by atoms with E-state index in [4.69, 9.17) is 4.74 Å². The molecular formula is C12H18O. The van der Waals surface area contributed by atoms with Gasteiger partial charge >= 0.3 is 0 Å². The van der Waals surface area contributed by atoms with Crippen LogP contribution in [0.5, 0.6) is 0 Å². The van der Waals surface area contributed by atoms with Gasteiger partial charge in [0.05, 0.1) is 5.76 Å². The fourth-order valence-electron chi connectivity index (χ4n) is 3.34. The number of hydrogen-bond acceptors (Lipinski definition) is 1. The first-order valence-electron chi connectivity index (χ1n) is 5.82. The van der Waals surface area contributed by atoms with Crippen molar-refractivity contribution < 1.29 is 4.74 Å². The first-order valence-corrected chi connectivity index (χ1v) is 5.82. The van der Waals surface area contributed by atoms with E-state index < -0.39 is 0 Å². The Labute approximate surface area is 80.2 Å². The van der Waals surface area contributed by atoms with Crippen molar-refractivity contribution in [3.05, 3.63) is 11.8 Å². The zero-order valence-corrected chi connectivity index (χ0v) is 8.17. The van der Waals surface area contributed by atoms with Gasteiger partial charge in [-0.15, -0.1) is 0 Å². The second kappa shape index (κ2) is 3.04. The molecule has 2 aliphatic carbocycles. The molecule has 0 radical (unpaired) electrons. The minimum atomic E-state index is 0.600. The molecule has 1 heterocycles. The third kappa shape index (κ3) is 1.20. The van der Waals surface area contributed by atoms with E-state index in [2.05, 4.69) is 6.08 Å². The topological polar surface area (TPSA) is 9.23 Å². The SMILES string of the molecule is C1=C2OC3CCCCC3C2CCC1. The van der Waals surface area contributed by atoms with Gasteiger partial charge < -0.3 is 4.74 Å². The molecule has 3 aliphatic rings. The summed E-state index contributed by atoms with van der Waals surface area (Å²) < 4.78 is 6.03. The highest BCUT2D eigenvalue weighted by atomic mass is 16.5. The Morgan fingerprint density at radius 2 is 2.00 bits per heavy atom. The predicted octanol–water partition coefficient (Wildman–Crippen LogP) is 3.26. The standard InChI is InChI=1S/C12H18O/c1-3-7-11-9(5-1)10-6-2-4-8-12(10)13-11/h7,9-10,12H,1-6,8H2. The Morgan fingerprint density at radius 1 is 1.08 bits per heavy atom. The zero-order valence-electron chi connectivity index (χ0n) is 8.17. The van der Waals surface area contributed by atoms with E-state index in [1.165, 1.54) is 50.7 Å². The Hall–Kier alpha value is -0.460. The van der Waals surface area contributed by atoms with E-state index in [0.29, 0.717) is 6.10 Å². The van der Waals surface area contributed by atoms with E-state index in [-0.39, 0.29) is 0 Å². The molecule has 3 rings (SSSR count). The number of hydrogen-bond donors (Lipinski definition) is 0. The van der Waals surface area contributed by atoms with Crippen LogP contribution < -0.4 is 0 Å². The van der Waals surface area contributed by atoms with E-state index in [0.717, 1.165) is 11.8 Å². The zero-order chi connectivity index (χ0) is 8.67. The third-order valence-corrected chi connectivity index (χ3v) is 3.99. The van der Waals surface area contributed by atoms with Crippen molar-refractivity contribution in [2.45, 2.75) is 51.0 Å². The van der Waals surface area contributed by atoms with Gasteiger partial charge in [0.2, 0.25) is 0 Å². The van der Waals surface area contributed by atoms with Gasteiger partial charge in [0.1, 0.15) is 6.10 Å². The van der Waals surface area contributed by atoms with Crippen molar-refractivity contribution in [3.8, 4) is 0 Å². The van der Waals surface area contributed by atoms with Crippen molar-refractivity contribution in [1.29, 1.82) is 0 Å². The van der Waals surface area contributed by atoms with Crippen LogP contribution in [0.25, 0.3) is 0 Å². The van der Waals surface area contributed by atoms with Crippen LogP contribution in [0.3, 0.4) is 0 Å². The maximum atomic E-state index is 6.03. The quantitative estimate of drug-likeness (QED) is 0.553. The molecule has 0 aromatic carbocycles. The summed E-state index contributed by atoms with van der Waals surface area (Å²) in [7, 11) is 0. The summed E-state index contributed by atoms with van der Waals surface area (Å²) >= 11 is 0. The minimum Gasteiger partial charge on any atom is -0.494 e. The molecule has 3 unspecified atom stereocenters. The summed E-state index contributed by atoms with van der Waals surface area (Å²) in [5.74, 6) is 3.07. The Bertz CT molecular complexity index is 231. The van der Waals surface area contributed by atoms with Gasteiger partial charge in [-0.25, -0.2) is 0 Å². The maximum Gasteiger partial charge on any atom is 0.102 e. The van der Waals surface area contributed by atoms with Gasteiger partial charge in [-0.1, -0.05) is 6.42 Å². The van der Waals surface area contributed by atoms with Crippen molar-refractivity contribution >= 4 is 0 Å². The monoisotopic (exact) mass is 178 g/mol. The Kier molecular flexibility index (Phi) is 1.85. The summed E-state index contributed by atoms with van der Waals surface area (Å²) in [6, 6.07) is 0. The van der Waals surface area contributed by atoms with Crippen LogP contribution in [0, 0.1) is 11.8 Å². The highest BCUT2D eigenvalue weighted by Gasteiger charge is 2.42. The lowest BCUT2D eigenvalue weighted by atomic mass is 9.76. The molecule has 0 amide bonds. The summed E-state index contributed by atoms with van der Waals surface area (Å²) in [6.45, 7) is 0. The lowest BCUT2D eigenvalue weighted by molar-refractivity contribution is 0.0960. The number of rotatable bonds is 0. The fraction of sp³-hybridized carbons (Fsp3) is 0.833. The van der Waals surface area contributed by atoms with Crippen LogP contribution in [0.2, 0.25) is 0 Å². The Morgan fingerprint density at radius 3 is 3.00 bits per heavy atom. The van der Waals surface area contributed by atoms with Gasteiger partial charge in [0.15, 0.2) is 0 Å². The highest BCUT2D eigenvalue weighted by molar-refractivity contribution is 5.11. The molecule has 0 aromatic heterocycles. The molecule has 0 spiro atoms. The molecule has 1 aliphatic heterocycles. The van der Waals surface area contributed by atoms with Crippen LogP contribution in [0.15, 0.2) is 11.8 Å². The fourth-order valence-corrected chi connectivity index (χ4v) is 3.34. The van der Waals surface area contributed by atoms with Gasteiger partial charge in [0.25, 0.3) is 0 Å². The molecule has 72 valence electrons. The Balaban J connectivity index is 1.85. The van der Waals surface area contributed by atoms with E-state index in [1.807, 2.05) is 0 Å². The summed E-state index contributed by atoms with van der Waals surface area (Å²) in [5, 5.41) is 0. The molecule has 2 fully saturated rings. The second-order valence-corrected chi connectivity index (χ2v) is 4.75. The maximum absolute atomic E-state index is 6.03. The first kappa shape index (κ1) is 7.90. The largest absolute Gasteiger partial charge is 0.494 e. The summed E-state index contributed by atoms with van der Waals surface area (Å²) in [4.78, 5) is 0. The molecule has 1 saturated heterocycles. The van der Waals surface area contributed by atoms with Crippen LogP contribution >= 0.6 is 0 Å². The molecule has 1 heteroatoms. The molecule has 0 N–H and O–H groups in total. The number of fused-ring (bicyclic) bond motifs is 3. The van der Waals surface area contributed by atoms with Crippen LogP contribution in [0.1, 0.15) is 44.9 Å². The molecule has 0 aromatic rings. The molecule has 1 saturated carbocycles. The highest BCUT2D eigenvalue weighted by Crippen LogP contribution is 2.47. The third-order valence-electron chi connectivity index (χ3n) is 3.99. The number of ether oxygens (including phenoxy) is 1. The second-order valence-electron chi connectivity index (χ2n) is 4.75. The minimum absolute atomic E-state index is 0.600. The van der Waals surface area contributed by atoms with Crippen LogP contribution in [-0.4, -0.2) is 6.10 Å². The van der Waals surface area contributed by atoms with Gasteiger partial charge in [0, 0.05) is 11.8 Å². The average molecular weight is 178 g/mol.